The third-order valence-electron chi connectivity index (χ3n) is 3.60. The van der Waals surface area contributed by atoms with Crippen molar-refractivity contribution in [3.63, 3.8) is 0 Å². The van der Waals surface area contributed by atoms with E-state index in [1.807, 2.05) is 12.4 Å². The minimum atomic E-state index is -0.580. The van der Waals surface area contributed by atoms with E-state index in [0.29, 0.717) is 12.8 Å². The highest BCUT2D eigenvalue weighted by molar-refractivity contribution is 5.50. The van der Waals surface area contributed by atoms with Crippen molar-refractivity contribution >= 4 is 6.29 Å². The smallest absolute Gasteiger partial charge is 0.231 e. The molecule has 0 aliphatic rings. The van der Waals surface area contributed by atoms with Crippen LogP contribution in [0.1, 0.15) is 77.6 Å². The summed E-state index contributed by atoms with van der Waals surface area (Å²) in [6.07, 6.45) is 19.9. The van der Waals surface area contributed by atoms with Crippen LogP contribution < -0.4 is 0 Å². The molecule has 0 amide bonds. The minimum Gasteiger partial charge on any atom is -0.291 e. The molecule has 0 saturated heterocycles. The summed E-state index contributed by atoms with van der Waals surface area (Å²) in [6, 6.07) is -0.580. The van der Waals surface area contributed by atoms with Gasteiger partial charge in [0, 0.05) is 17.8 Å². The van der Waals surface area contributed by atoms with E-state index < -0.39 is 6.04 Å². The largest absolute Gasteiger partial charge is 0.291 e. The molecule has 1 radical (unpaired) electrons. The average Bonchev–Trinajstić information content (AvgIpc) is 2.50. The lowest BCUT2D eigenvalue weighted by molar-refractivity contribution is -0.510. The molecule has 0 saturated carbocycles. The molecule has 1 unspecified atom stereocenters. The topological polar surface area (TPSA) is 60.2 Å². The van der Waals surface area contributed by atoms with Crippen LogP contribution in [0.5, 0.6) is 0 Å². The summed E-state index contributed by atoms with van der Waals surface area (Å²) in [5, 5.41) is 11.0. The number of unbranched alkanes of at least 4 members (excludes halogenated alkanes) is 8. The third kappa shape index (κ3) is 13.5. The normalized spacial score (nSPS) is 13.0. The number of hydrogen-bond acceptors (Lipinski definition) is 3. The molecule has 0 bridgehead atoms. The SMILES string of the molecule is CCCCC/C=C/C=C/C(CCCCCCC[C]=O)[N+](=O)[O-]. The summed E-state index contributed by atoms with van der Waals surface area (Å²) in [6.45, 7) is 2.17. The molecule has 125 valence electrons. The Hall–Kier alpha value is -1.45. The van der Waals surface area contributed by atoms with Gasteiger partial charge in [-0.3, -0.25) is 14.9 Å². The highest BCUT2D eigenvalue weighted by Gasteiger charge is 2.14. The van der Waals surface area contributed by atoms with Crippen LogP contribution in [0.2, 0.25) is 0 Å². The zero-order valence-electron chi connectivity index (χ0n) is 13.8. The van der Waals surface area contributed by atoms with Gasteiger partial charge in [0.25, 0.3) is 0 Å². The predicted octanol–water partition coefficient (Wildman–Crippen LogP) is 5.16. The first kappa shape index (κ1) is 20.6. The lowest BCUT2D eigenvalue weighted by Crippen LogP contribution is -2.16. The predicted molar refractivity (Wildman–Crippen MR) is 91.2 cm³/mol. The van der Waals surface area contributed by atoms with Gasteiger partial charge in [-0.1, -0.05) is 57.3 Å². The van der Waals surface area contributed by atoms with Crippen molar-refractivity contribution < 1.29 is 9.72 Å². The van der Waals surface area contributed by atoms with Crippen LogP contribution in [-0.2, 0) is 4.79 Å². The summed E-state index contributed by atoms with van der Waals surface area (Å²) in [7, 11) is 0. The second kappa shape index (κ2) is 15.9. The monoisotopic (exact) mass is 308 g/mol. The molecule has 0 heterocycles. The van der Waals surface area contributed by atoms with Crippen molar-refractivity contribution in [2.45, 2.75) is 83.6 Å². The maximum Gasteiger partial charge on any atom is 0.231 e. The molecule has 0 N–H and O–H groups in total. The van der Waals surface area contributed by atoms with Crippen LogP contribution >= 0.6 is 0 Å². The van der Waals surface area contributed by atoms with Gasteiger partial charge in [0.15, 0.2) is 6.29 Å². The molecule has 0 aliphatic heterocycles. The molecule has 0 rings (SSSR count). The van der Waals surface area contributed by atoms with E-state index in [9.17, 15) is 14.9 Å². The zero-order chi connectivity index (χ0) is 16.5. The molecule has 0 spiro atoms. The Kier molecular flexibility index (Phi) is 14.9. The number of hydrogen-bond donors (Lipinski definition) is 0. The Morgan fingerprint density at radius 3 is 2.45 bits per heavy atom. The molecule has 0 aromatic carbocycles. The number of carbonyl (C=O) groups excluding carboxylic acids is 1. The van der Waals surface area contributed by atoms with Gasteiger partial charge in [0.05, 0.1) is 0 Å². The van der Waals surface area contributed by atoms with Crippen LogP contribution in [0.25, 0.3) is 0 Å². The maximum absolute atomic E-state index is 11.0. The van der Waals surface area contributed by atoms with Crippen molar-refractivity contribution in [2.24, 2.45) is 0 Å². The first-order chi connectivity index (χ1) is 10.7. The molecule has 4 heteroatoms. The molecule has 0 aromatic heterocycles. The van der Waals surface area contributed by atoms with E-state index in [0.717, 1.165) is 38.5 Å². The van der Waals surface area contributed by atoms with E-state index in [-0.39, 0.29) is 4.92 Å². The van der Waals surface area contributed by atoms with Crippen molar-refractivity contribution in [1.82, 2.24) is 0 Å². The molecule has 4 nitrogen and oxygen atoms in total. The fourth-order valence-electron chi connectivity index (χ4n) is 2.23. The molecule has 0 aliphatic carbocycles. The Bertz CT molecular complexity index is 337. The van der Waals surface area contributed by atoms with Gasteiger partial charge in [-0.2, -0.15) is 0 Å². The van der Waals surface area contributed by atoms with Gasteiger partial charge in [0.1, 0.15) is 0 Å². The van der Waals surface area contributed by atoms with E-state index >= 15 is 0 Å². The lowest BCUT2D eigenvalue weighted by atomic mass is 10.1. The summed E-state index contributed by atoms with van der Waals surface area (Å²) in [4.78, 5) is 20.8. The number of allylic oxidation sites excluding steroid dienone is 3. The fraction of sp³-hybridized carbons (Fsp3) is 0.722. The average molecular weight is 308 g/mol. The van der Waals surface area contributed by atoms with Crippen molar-refractivity contribution in [1.29, 1.82) is 0 Å². The highest BCUT2D eigenvalue weighted by atomic mass is 16.6. The molecule has 0 fully saturated rings. The van der Waals surface area contributed by atoms with E-state index in [1.54, 1.807) is 12.2 Å². The fourth-order valence-corrected chi connectivity index (χ4v) is 2.23. The highest BCUT2D eigenvalue weighted by Crippen LogP contribution is 2.11. The lowest BCUT2D eigenvalue weighted by Gasteiger charge is -2.04. The van der Waals surface area contributed by atoms with Crippen molar-refractivity contribution in [2.75, 3.05) is 0 Å². The summed E-state index contributed by atoms with van der Waals surface area (Å²) in [5.41, 5.74) is 0. The Morgan fingerprint density at radius 2 is 1.77 bits per heavy atom. The summed E-state index contributed by atoms with van der Waals surface area (Å²) >= 11 is 0. The quantitative estimate of drug-likeness (QED) is 0.181. The van der Waals surface area contributed by atoms with Crippen molar-refractivity contribution in [3.8, 4) is 0 Å². The van der Waals surface area contributed by atoms with Crippen LogP contribution in [0, 0.1) is 10.1 Å². The van der Waals surface area contributed by atoms with E-state index in [1.165, 1.54) is 19.3 Å². The minimum absolute atomic E-state index is 0.206. The van der Waals surface area contributed by atoms with Crippen LogP contribution in [0.3, 0.4) is 0 Å². The second-order valence-electron chi connectivity index (χ2n) is 5.61. The summed E-state index contributed by atoms with van der Waals surface area (Å²) in [5.74, 6) is 0. The van der Waals surface area contributed by atoms with Crippen LogP contribution in [-0.4, -0.2) is 17.3 Å². The Labute approximate surface area is 134 Å². The molecular weight excluding hydrogens is 278 g/mol. The zero-order valence-corrected chi connectivity index (χ0v) is 13.8. The van der Waals surface area contributed by atoms with Crippen LogP contribution in [0.4, 0.5) is 0 Å². The van der Waals surface area contributed by atoms with Gasteiger partial charge in [0.2, 0.25) is 6.04 Å². The van der Waals surface area contributed by atoms with Gasteiger partial charge >= 0.3 is 0 Å². The van der Waals surface area contributed by atoms with Crippen LogP contribution in [0.15, 0.2) is 24.3 Å². The van der Waals surface area contributed by atoms with Crippen molar-refractivity contribution in [3.05, 3.63) is 34.4 Å². The summed E-state index contributed by atoms with van der Waals surface area (Å²) < 4.78 is 0. The number of nitro groups is 1. The van der Waals surface area contributed by atoms with Gasteiger partial charge in [-0.15, -0.1) is 0 Å². The Morgan fingerprint density at radius 1 is 1.05 bits per heavy atom. The first-order valence-electron chi connectivity index (χ1n) is 8.54. The first-order valence-corrected chi connectivity index (χ1v) is 8.54. The molecule has 22 heavy (non-hydrogen) atoms. The number of rotatable bonds is 15. The maximum atomic E-state index is 11.0. The standard InChI is InChI=1S/C18H30NO3/c1-2-3-4-5-6-9-12-15-18(19(21)22)16-13-10-7-8-11-14-17-20/h6,9,12,15,18H,2-5,7-8,10-11,13-14,16H2,1H3/b9-6+,15-12+. The van der Waals surface area contributed by atoms with Gasteiger partial charge < -0.3 is 0 Å². The molecule has 0 aromatic rings. The number of nitrogens with zero attached hydrogens (tertiary/aromatic N) is 1. The molecule has 1 atom stereocenters. The van der Waals surface area contributed by atoms with Gasteiger partial charge in [-0.25, -0.2) is 0 Å². The van der Waals surface area contributed by atoms with E-state index in [2.05, 4.69) is 13.0 Å². The third-order valence-corrected chi connectivity index (χ3v) is 3.60. The second-order valence-corrected chi connectivity index (χ2v) is 5.61. The molecular formula is C18H30NO3. The van der Waals surface area contributed by atoms with Gasteiger partial charge in [-0.05, 0) is 31.8 Å². The Balaban J connectivity index is 3.81. The van der Waals surface area contributed by atoms with E-state index in [4.69, 9.17) is 0 Å².